The van der Waals surface area contributed by atoms with Crippen LogP contribution in [0.5, 0.6) is 0 Å². The van der Waals surface area contributed by atoms with Crippen LogP contribution in [0.15, 0.2) is 68.8 Å². The molecule has 0 bridgehead atoms. The standard InChI is InChI=1S/C19H15BrN2O4S/c1-25-18(24)14-4-2-3-5-15(14)22-17(23)11-27-19-21-10-16(26-19)12-6-8-13(20)9-7-12/h2-10H,11H2,1H3,(H,22,23). The molecular weight excluding hydrogens is 432 g/mol. The van der Waals surface area contributed by atoms with Crippen molar-refractivity contribution in [3.63, 3.8) is 0 Å². The predicted molar refractivity (Wildman–Crippen MR) is 107 cm³/mol. The smallest absolute Gasteiger partial charge is 0.339 e. The van der Waals surface area contributed by atoms with Crippen molar-refractivity contribution in [1.29, 1.82) is 0 Å². The number of para-hydroxylation sites is 1. The number of carbonyl (C=O) groups is 2. The topological polar surface area (TPSA) is 81.4 Å². The van der Waals surface area contributed by atoms with Gasteiger partial charge in [-0.1, -0.05) is 52.0 Å². The molecule has 0 unspecified atom stereocenters. The Bertz CT molecular complexity index is 956. The van der Waals surface area contributed by atoms with E-state index >= 15 is 0 Å². The SMILES string of the molecule is COC(=O)c1ccccc1NC(=O)CSc1ncc(-c2ccc(Br)cc2)o1. The minimum Gasteiger partial charge on any atom is -0.465 e. The van der Waals surface area contributed by atoms with Crippen molar-refractivity contribution in [2.24, 2.45) is 0 Å². The van der Waals surface area contributed by atoms with Crippen molar-refractivity contribution >= 4 is 45.3 Å². The maximum absolute atomic E-state index is 12.2. The van der Waals surface area contributed by atoms with Gasteiger partial charge in [0.05, 0.1) is 30.3 Å². The maximum atomic E-state index is 12.2. The first kappa shape index (κ1) is 19.2. The molecule has 0 spiro atoms. The average Bonchev–Trinajstić information content (AvgIpc) is 3.16. The summed E-state index contributed by atoms with van der Waals surface area (Å²) < 4.78 is 11.4. The molecule has 1 amide bonds. The molecule has 138 valence electrons. The molecule has 0 saturated heterocycles. The fourth-order valence-electron chi connectivity index (χ4n) is 2.27. The number of ether oxygens (including phenoxy) is 1. The molecule has 8 heteroatoms. The molecule has 0 aliphatic rings. The van der Waals surface area contributed by atoms with E-state index in [4.69, 9.17) is 9.15 Å². The van der Waals surface area contributed by atoms with Gasteiger partial charge in [0.25, 0.3) is 5.22 Å². The number of carbonyl (C=O) groups excluding carboxylic acids is 2. The Morgan fingerprint density at radius 3 is 2.67 bits per heavy atom. The monoisotopic (exact) mass is 446 g/mol. The molecule has 0 radical (unpaired) electrons. The quantitative estimate of drug-likeness (QED) is 0.439. The lowest BCUT2D eigenvalue weighted by Crippen LogP contribution is -2.17. The molecule has 1 aromatic heterocycles. The van der Waals surface area contributed by atoms with Crippen LogP contribution in [0, 0.1) is 0 Å². The summed E-state index contributed by atoms with van der Waals surface area (Å²) in [7, 11) is 1.29. The van der Waals surface area contributed by atoms with Gasteiger partial charge in [-0.3, -0.25) is 4.79 Å². The highest BCUT2D eigenvalue weighted by Crippen LogP contribution is 2.26. The number of anilines is 1. The third-order valence-corrected chi connectivity index (χ3v) is 4.92. The number of nitrogens with zero attached hydrogens (tertiary/aromatic N) is 1. The average molecular weight is 447 g/mol. The Balaban J connectivity index is 1.60. The van der Waals surface area contributed by atoms with Crippen molar-refractivity contribution in [1.82, 2.24) is 4.98 Å². The summed E-state index contributed by atoms with van der Waals surface area (Å²) in [6.07, 6.45) is 1.62. The molecule has 0 aliphatic carbocycles. The second kappa shape index (κ2) is 8.88. The van der Waals surface area contributed by atoms with Crippen molar-refractivity contribution in [3.05, 3.63) is 64.8 Å². The van der Waals surface area contributed by atoms with Crippen molar-refractivity contribution in [2.45, 2.75) is 5.22 Å². The van der Waals surface area contributed by atoms with Gasteiger partial charge in [-0.2, -0.15) is 0 Å². The Labute approximate surface area is 168 Å². The van der Waals surface area contributed by atoms with Gasteiger partial charge in [-0.15, -0.1) is 0 Å². The first-order valence-corrected chi connectivity index (χ1v) is 9.66. The first-order chi connectivity index (χ1) is 13.1. The summed E-state index contributed by atoms with van der Waals surface area (Å²) in [4.78, 5) is 28.1. The van der Waals surface area contributed by atoms with Crippen molar-refractivity contribution in [3.8, 4) is 11.3 Å². The second-order valence-corrected chi connectivity index (χ2v) is 7.21. The summed E-state index contributed by atoms with van der Waals surface area (Å²) in [6.45, 7) is 0. The Hall–Kier alpha value is -2.58. The second-order valence-electron chi connectivity index (χ2n) is 5.37. The summed E-state index contributed by atoms with van der Waals surface area (Å²) >= 11 is 4.56. The van der Waals surface area contributed by atoms with Crippen LogP contribution in [-0.4, -0.2) is 29.7 Å². The van der Waals surface area contributed by atoms with E-state index in [-0.39, 0.29) is 11.7 Å². The van der Waals surface area contributed by atoms with E-state index in [1.807, 2.05) is 24.3 Å². The van der Waals surface area contributed by atoms with Gasteiger partial charge >= 0.3 is 5.97 Å². The molecule has 1 heterocycles. The molecule has 0 saturated carbocycles. The van der Waals surface area contributed by atoms with Crippen LogP contribution >= 0.6 is 27.7 Å². The lowest BCUT2D eigenvalue weighted by atomic mass is 10.2. The number of oxazole rings is 1. The van der Waals surface area contributed by atoms with Crippen molar-refractivity contribution < 1.29 is 18.7 Å². The first-order valence-electron chi connectivity index (χ1n) is 7.88. The molecule has 0 aliphatic heterocycles. The molecule has 6 nitrogen and oxygen atoms in total. The van der Waals surface area contributed by atoms with Crippen LogP contribution in [0.1, 0.15) is 10.4 Å². The Kier molecular flexibility index (Phi) is 6.31. The van der Waals surface area contributed by atoms with Gasteiger partial charge in [0.15, 0.2) is 5.76 Å². The van der Waals surface area contributed by atoms with E-state index in [1.54, 1.807) is 30.5 Å². The third-order valence-electron chi connectivity index (χ3n) is 3.55. The maximum Gasteiger partial charge on any atom is 0.339 e. The number of amides is 1. The number of benzene rings is 2. The largest absolute Gasteiger partial charge is 0.465 e. The minimum absolute atomic E-state index is 0.0931. The zero-order valence-electron chi connectivity index (χ0n) is 14.3. The number of esters is 1. The van der Waals surface area contributed by atoms with Crippen molar-refractivity contribution in [2.75, 3.05) is 18.2 Å². The Morgan fingerprint density at radius 2 is 1.93 bits per heavy atom. The highest BCUT2D eigenvalue weighted by molar-refractivity contribution is 9.10. The zero-order valence-corrected chi connectivity index (χ0v) is 16.7. The van der Waals surface area contributed by atoms with Gasteiger partial charge < -0.3 is 14.5 Å². The number of thioether (sulfide) groups is 1. The normalized spacial score (nSPS) is 10.4. The van der Waals surface area contributed by atoms with E-state index in [0.717, 1.165) is 10.0 Å². The lowest BCUT2D eigenvalue weighted by Gasteiger charge is -2.08. The number of hydrogen-bond acceptors (Lipinski definition) is 6. The van der Waals surface area contributed by atoms with Crippen LogP contribution in [0.25, 0.3) is 11.3 Å². The van der Waals surface area contributed by atoms with Gasteiger partial charge in [-0.25, -0.2) is 9.78 Å². The van der Waals surface area contributed by atoms with Crippen LogP contribution in [0.2, 0.25) is 0 Å². The summed E-state index contributed by atoms with van der Waals surface area (Å²) in [5.41, 5.74) is 1.60. The molecule has 2 aromatic carbocycles. The molecule has 27 heavy (non-hydrogen) atoms. The predicted octanol–water partition coefficient (Wildman–Crippen LogP) is 4.62. The number of nitrogens with one attached hydrogen (secondary N) is 1. The summed E-state index contributed by atoms with van der Waals surface area (Å²) in [5.74, 6) is -0.0675. The van der Waals surface area contributed by atoms with E-state index in [1.165, 1.54) is 18.9 Å². The summed E-state index contributed by atoms with van der Waals surface area (Å²) in [6, 6.07) is 14.3. The number of methoxy groups -OCH3 is 1. The van der Waals surface area contributed by atoms with Gasteiger partial charge in [0.2, 0.25) is 5.91 Å². The van der Waals surface area contributed by atoms with Gasteiger partial charge in [0, 0.05) is 10.0 Å². The third kappa shape index (κ3) is 4.99. The number of halogens is 1. The van der Waals surface area contributed by atoms with Crippen LogP contribution in [-0.2, 0) is 9.53 Å². The van der Waals surface area contributed by atoms with E-state index in [2.05, 4.69) is 26.2 Å². The molecule has 0 atom stereocenters. The van der Waals surface area contributed by atoms with Gasteiger partial charge in [-0.05, 0) is 24.3 Å². The Morgan fingerprint density at radius 1 is 1.19 bits per heavy atom. The molecular formula is C19H15BrN2O4S. The molecule has 0 fully saturated rings. The highest BCUT2D eigenvalue weighted by atomic mass is 79.9. The van der Waals surface area contributed by atoms with Crippen LogP contribution in [0.3, 0.4) is 0 Å². The van der Waals surface area contributed by atoms with E-state index in [0.29, 0.717) is 22.2 Å². The van der Waals surface area contributed by atoms with Gasteiger partial charge in [0.1, 0.15) is 0 Å². The number of rotatable bonds is 6. The lowest BCUT2D eigenvalue weighted by molar-refractivity contribution is -0.113. The molecule has 3 rings (SSSR count). The van der Waals surface area contributed by atoms with E-state index < -0.39 is 5.97 Å². The fraction of sp³-hybridized carbons (Fsp3) is 0.105. The number of hydrogen-bond donors (Lipinski definition) is 1. The van der Waals surface area contributed by atoms with Crippen LogP contribution < -0.4 is 5.32 Å². The van der Waals surface area contributed by atoms with E-state index in [9.17, 15) is 9.59 Å². The highest BCUT2D eigenvalue weighted by Gasteiger charge is 2.14. The molecule has 3 aromatic rings. The number of aromatic nitrogens is 1. The summed E-state index contributed by atoms with van der Waals surface area (Å²) in [5, 5.41) is 3.10. The minimum atomic E-state index is -0.509. The van der Waals surface area contributed by atoms with Crippen LogP contribution in [0.4, 0.5) is 5.69 Å². The zero-order chi connectivity index (χ0) is 19.2. The molecule has 1 N–H and O–H groups in total. The fourth-order valence-corrected chi connectivity index (χ4v) is 3.13.